The number of allylic oxidation sites excluding steroid dienone is 8. The van der Waals surface area contributed by atoms with Gasteiger partial charge in [-0.25, -0.2) is 4.98 Å². The van der Waals surface area contributed by atoms with E-state index in [-0.39, 0.29) is 10.8 Å². The third-order valence-corrected chi connectivity index (χ3v) is 14.1. The lowest BCUT2D eigenvalue weighted by Crippen LogP contribution is -2.27. The minimum absolute atomic E-state index is 0.0604. The summed E-state index contributed by atoms with van der Waals surface area (Å²) < 4.78 is 2.49. The van der Waals surface area contributed by atoms with Crippen molar-refractivity contribution in [2.75, 3.05) is 0 Å². The van der Waals surface area contributed by atoms with E-state index in [0.717, 1.165) is 42.4 Å². The second-order valence-electron chi connectivity index (χ2n) is 17.2. The molecule has 0 aromatic heterocycles. The van der Waals surface area contributed by atoms with Crippen molar-refractivity contribution in [2.24, 2.45) is 0 Å². The number of para-hydroxylation sites is 1. The highest BCUT2D eigenvalue weighted by molar-refractivity contribution is 6.08. The van der Waals surface area contributed by atoms with E-state index in [1.807, 2.05) is 0 Å². The van der Waals surface area contributed by atoms with Crippen molar-refractivity contribution < 1.29 is 0 Å². The van der Waals surface area contributed by atoms with Crippen molar-refractivity contribution in [3.63, 3.8) is 0 Å². The number of hydrogen-bond acceptors (Lipinski definition) is 1. The summed E-state index contributed by atoms with van der Waals surface area (Å²) in [6.45, 7) is 4.73. The number of aromatic nitrogens is 2. The van der Waals surface area contributed by atoms with E-state index in [0.29, 0.717) is 0 Å². The number of benzene rings is 6. The SMILES string of the molecule is CC1(C)c2ccccc2-c2ccc(-c3ccc4c(c3)c3nc5ccccc5c-3cn4-c3cccc4c3-c3ccccc3C43C4=CCCC=C4C4=C3C=CCC4)cc21. The van der Waals surface area contributed by atoms with Crippen LogP contribution in [0.3, 0.4) is 0 Å². The molecule has 270 valence electrons. The first-order valence-corrected chi connectivity index (χ1v) is 20.7. The van der Waals surface area contributed by atoms with Gasteiger partial charge in [-0.05, 0) is 128 Å². The molecule has 0 N–H and O–H groups in total. The average Bonchev–Trinajstić information content (AvgIpc) is 3.96. The van der Waals surface area contributed by atoms with Gasteiger partial charge in [-0.3, -0.25) is 0 Å². The van der Waals surface area contributed by atoms with Crippen LogP contribution in [0.4, 0.5) is 0 Å². The normalized spacial score (nSPS) is 19.4. The van der Waals surface area contributed by atoms with Crippen molar-refractivity contribution in [3.05, 3.63) is 202 Å². The first-order valence-electron chi connectivity index (χ1n) is 20.7. The maximum absolute atomic E-state index is 5.34. The van der Waals surface area contributed by atoms with Crippen LogP contribution in [0.15, 0.2) is 180 Å². The van der Waals surface area contributed by atoms with Crippen LogP contribution in [-0.4, -0.2) is 9.55 Å². The van der Waals surface area contributed by atoms with Gasteiger partial charge in [0.2, 0.25) is 0 Å². The maximum atomic E-state index is 5.34. The molecular formula is C55H40N2. The number of nitrogens with zero attached hydrogens (tertiary/aromatic N) is 2. The molecule has 57 heavy (non-hydrogen) atoms. The summed E-state index contributed by atoms with van der Waals surface area (Å²) in [5, 5.41) is 2.36. The zero-order valence-electron chi connectivity index (χ0n) is 32.2. The molecule has 0 amide bonds. The highest BCUT2D eigenvalue weighted by Gasteiger charge is 2.54. The Bertz CT molecular complexity index is 3210. The fraction of sp³-hybridized carbons (Fsp3) is 0.145. The zero-order valence-corrected chi connectivity index (χ0v) is 32.2. The molecule has 6 aromatic carbocycles. The fourth-order valence-electron chi connectivity index (χ4n) is 11.7. The van der Waals surface area contributed by atoms with E-state index in [9.17, 15) is 0 Å². The minimum atomic E-state index is -0.302. The largest absolute Gasteiger partial charge is 0.315 e. The molecule has 0 fully saturated rings. The molecular weight excluding hydrogens is 689 g/mol. The lowest BCUT2D eigenvalue weighted by Gasteiger charge is -2.33. The summed E-state index contributed by atoms with van der Waals surface area (Å²) >= 11 is 0. The summed E-state index contributed by atoms with van der Waals surface area (Å²) in [6.07, 6.45) is 16.8. The summed E-state index contributed by atoms with van der Waals surface area (Å²) in [6, 6.07) is 48.1. The van der Waals surface area contributed by atoms with Gasteiger partial charge in [-0.15, -0.1) is 0 Å². The molecule has 5 aliphatic carbocycles. The van der Waals surface area contributed by atoms with E-state index in [4.69, 9.17) is 4.98 Å². The van der Waals surface area contributed by atoms with Crippen molar-refractivity contribution in [1.82, 2.24) is 9.55 Å². The Morgan fingerprint density at radius 1 is 0.596 bits per heavy atom. The molecule has 13 rings (SSSR count). The number of pyridine rings is 1. The summed E-state index contributed by atoms with van der Waals surface area (Å²) in [5.74, 6) is 0. The lowest BCUT2D eigenvalue weighted by molar-refractivity contribution is 0.660. The van der Waals surface area contributed by atoms with Gasteiger partial charge in [0.25, 0.3) is 0 Å². The fourth-order valence-corrected chi connectivity index (χ4v) is 11.7. The molecule has 2 nitrogen and oxygen atoms in total. The van der Waals surface area contributed by atoms with Gasteiger partial charge in [-0.1, -0.05) is 135 Å². The second-order valence-corrected chi connectivity index (χ2v) is 17.2. The van der Waals surface area contributed by atoms with Gasteiger partial charge >= 0.3 is 0 Å². The molecule has 2 aliphatic heterocycles. The Balaban J connectivity index is 1.08. The molecule has 1 atom stereocenters. The zero-order chi connectivity index (χ0) is 37.6. The van der Waals surface area contributed by atoms with Crippen LogP contribution >= 0.6 is 0 Å². The smallest absolute Gasteiger partial charge is 0.0824 e. The number of hydrogen-bond donors (Lipinski definition) is 0. The van der Waals surface area contributed by atoms with Crippen LogP contribution in [0.1, 0.15) is 61.8 Å². The Morgan fingerprint density at radius 2 is 1.35 bits per heavy atom. The van der Waals surface area contributed by atoms with E-state index < -0.39 is 0 Å². The molecule has 0 saturated carbocycles. The molecule has 0 saturated heterocycles. The second kappa shape index (κ2) is 11.1. The molecule has 7 aliphatic rings. The maximum Gasteiger partial charge on any atom is 0.0824 e. The Kier molecular flexibility index (Phi) is 6.15. The molecule has 6 aromatic rings. The van der Waals surface area contributed by atoms with Crippen molar-refractivity contribution in [1.29, 1.82) is 0 Å². The predicted molar refractivity (Wildman–Crippen MR) is 235 cm³/mol. The van der Waals surface area contributed by atoms with Crippen molar-refractivity contribution in [3.8, 4) is 50.3 Å². The minimum Gasteiger partial charge on any atom is -0.315 e. The highest BCUT2D eigenvalue weighted by atomic mass is 15.0. The summed E-state index contributed by atoms with van der Waals surface area (Å²) in [7, 11) is 0. The first-order chi connectivity index (χ1) is 28.0. The van der Waals surface area contributed by atoms with Crippen molar-refractivity contribution >= 4 is 21.8 Å². The van der Waals surface area contributed by atoms with Crippen LogP contribution in [-0.2, 0) is 10.8 Å². The van der Waals surface area contributed by atoms with E-state index in [2.05, 4.69) is 176 Å². The molecule has 0 bridgehead atoms. The summed E-state index contributed by atoms with van der Waals surface area (Å²) in [4.78, 5) is 5.34. The van der Waals surface area contributed by atoms with Crippen LogP contribution in [0.5, 0.6) is 0 Å². The first kappa shape index (κ1) is 31.7. The standard InChI is InChI=1S/C55H40N2/c1-54(2)43-19-8-3-14-35(43)38-28-26-34(31-48(38)54)33-27-29-50-41(30-33)53-42(39-17-7-12-24-49(39)56-53)32-57(50)51-25-13-23-47-52(51)40-18-6-11-22-46(40)55(47)44-20-9-4-15-36(44)37-16-5-10-21-45(37)55/h3,6-9,11-14,16-32H,4-5,10,15H2,1-2H3. The molecule has 2 heteroatoms. The van der Waals surface area contributed by atoms with Gasteiger partial charge in [0.1, 0.15) is 0 Å². The van der Waals surface area contributed by atoms with Gasteiger partial charge in [0.05, 0.1) is 27.8 Å². The Morgan fingerprint density at radius 3 is 2.28 bits per heavy atom. The highest BCUT2D eigenvalue weighted by Crippen LogP contribution is 2.66. The average molecular weight is 729 g/mol. The lowest BCUT2D eigenvalue weighted by atomic mass is 9.68. The third-order valence-electron chi connectivity index (χ3n) is 14.1. The molecule has 1 unspecified atom stereocenters. The van der Waals surface area contributed by atoms with Gasteiger partial charge in [-0.2, -0.15) is 0 Å². The Hall–Kier alpha value is -6.51. The van der Waals surface area contributed by atoms with E-state index in [1.54, 1.807) is 5.57 Å². The van der Waals surface area contributed by atoms with Crippen LogP contribution in [0, 0.1) is 0 Å². The molecule has 2 heterocycles. The monoisotopic (exact) mass is 728 g/mol. The van der Waals surface area contributed by atoms with Gasteiger partial charge in [0, 0.05) is 33.5 Å². The van der Waals surface area contributed by atoms with E-state index in [1.165, 1.54) is 94.4 Å². The third kappa shape index (κ3) is 3.93. The number of fused-ring (bicyclic) bond motifs is 17. The summed E-state index contributed by atoms with van der Waals surface area (Å²) in [5.41, 5.74) is 24.8. The van der Waals surface area contributed by atoms with Crippen LogP contribution < -0.4 is 0 Å². The van der Waals surface area contributed by atoms with E-state index >= 15 is 0 Å². The predicted octanol–water partition coefficient (Wildman–Crippen LogP) is 13.8. The van der Waals surface area contributed by atoms with Crippen LogP contribution in [0.25, 0.3) is 72.1 Å². The molecule has 0 radical (unpaired) electrons. The van der Waals surface area contributed by atoms with Crippen LogP contribution in [0.2, 0.25) is 0 Å². The van der Waals surface area contributed by atoms with Gasteiger partial charge < -0.3 is 4.57 Å². The topological polar surface area (TPSA) is 17.8 Å². The number of rotatable bonds is 2. The quantitative estimate of drug-likeness (QED) is 0.173. The van der Waals surface area contributed by atoms with Gasteiger partial charge in [0.15, 0.2) is 0 Å². The molecule has 1 spiro atoms. The van der Waals surface area contributed by atoms with Crippen molar-refractivity contribution in [2.45, 2.75) is 50.4 Å². The Labute approximate surface area is 333 Å².